The van der Waals surface area contributed by atoms with Crippen LogP contribution in [-0.4, -0.2) is 19.5 Å². The van der Waals surface area contributed by atoms with Crippen molar-refractivity contribution >= 4 is 27.8 Å². The maximum atomic E-state index is 12.7. The van der Waals surface area contributed by atoms with Gasteiger partial charge in [-0.2, -0.15) is 0 Å². The zero-order chi connectivity index (χ0) is 15.8. The van der Waals surface area contributed by atoms with E-state index < -0.39 is 0 Å². The number of hydrogen-bond acceptors (Lipinski definition) is 3. The van der Waals surface area contributed by atoms with Crippen molar-refractivity contribution in [3.05, 3.63) is 42.1 Å². The number of carbonyl (C=O) groups is 1. The van der Waals surface area contributed by atoms with E-state index >= 15 is 0 Å². The lowest BCUT2D eigenvalue weighted by Crippen LogP contribution is -2.12. The van der Waals surface area contributed by atoms with Gasteiger partial charge < -0.3 is 9.67 Å². The predicted molar refractivity (Wildman–Crippen MR) is 90.2 cm³/mol. The van der Waals surface area contributed by atoms with Crippen LogP contribution < -0.4 is 0 Å². The van der Waals surface area contributed by atoms with Gasteiger partial charge in [-0.1, -0.05) is 38.6 Å². The Morgan fingerprint density at radius 2 is 2.10 bits per heavy atom. The van der Waals surface area contributed by atoms with Gasteiger partial charge in [0.05, 0.1) is 5.56 Å². The maximum absolute atomic E-state index is 12.7. The van der Waals surface area contributed by atoms with Crippen LogP contribution in [0.15, 0.2) is 30.9 Å². The Bertz CT molecular complexity index is 708. The lowest BCUT2D eigenvalue weighted by molar-refractivity contribution is 0.108. The highest BCUT2D eigenvalue weighted by Gasteiger charge is 2.24. The van der Waals surface area contributed by atoms with Crippen molar-refractivity contribution in [1.29, 1.82) is 0 Å². The number of thioether (sulfide) groups is 1. The van der Waals surface area contributed by atoms with Crippen molar-refractivity contribution in [3.8, 4) is 5.75 Å². The number of phenolic OH excluding ortho intramolecular Hbond substituents is 1. The Kier molecular flexibility index (Phi) is 4.19. The molecule has 4 heteroatoms. The van der Waals surface area contributed by atoms with E-state index in [2.05, 4.69) is 11.1 Å². The number of allylic oxidation sites excluding steroid dienone is 1. The average molecular weight is 303 g/mol. The Morgan fingerprint density at radius 1 is 1.43 bits per heavy atom. The van der Waals surface area contributed by atoms with E-state index in [0.29, 0.717) is 12.1 Å². The van der Waals surface area contributed by atoms with Gasteiger partial charge in [0.15, 0.2) is 0 Å². The number of aromatic hydroxyl groups is 1. The van der Waals surface area contributed by atoms with E-state index in [-0.39, 0.29) is 15.6 Å². The molecule has 0 bridgehead atoms. The molecule has 0 spiro atoms. The third kappa shape index (κ3) is 3.16. The molecule has 0 radical (unpaired) electrons. The molecule has 0 unspecified atom stereocenters. The summed E-state index contributed by atoms with van der Waals surface area (Å²) < 4.78 is 1.91. The quantitative estimate of drug-likeness (QED) is 0.848. The van der Waals surface area contributed by atoms with Crippen LogP contribution in [0.5, 0.6) is 5.75 Å². The first-order valence-corrected chi connectivity index (χ1v) is 7.72. The second kappa shape index (κ2) is 5.60. The lowest BCUT2D eigenvalue weighted by Gasteiger charge is -2.16. The highest BCUT2D eigenvalue weighted by Crippen LogP contribution is 2.35. The van der Waals surface area contributed by atoms with Gasteiger partial charge in [-0.25, -0.2) is 0 Å². The molecule has 0 saturated heterocycles. The van der Waals surface area contributed by atoms with Gasteiger partial charge in [0.2, 0.25) is 5.12 Å². The van der Waals surface area contributed by atoms with E-state index in [1.54, 1.807) is 12.1 Å². The Morgan fingerprint density at radius 3 is 2.67 bits per heavy atom. The molecule has 1 aromatic heterocycles. The Balaban J connectivity index is 2.67. The molecule has 0 aliphatic carbocycles. The number of hydrogen-bond donors (Lipinski definition) is 1. The number of nitrogens with zero attached hydrogens (tertiary/aromatic N) is 1. The summed E-state index contributed by atoms with van der Waals surface area (Å²) in [4.78, 5) is 12.7. The minimum absolute atomic E-state index is 0.0402. The van der Waals surface area contributed by atoms with Gasteiger partial charge in [0.1, 0.15) is 5.75 Å². The molecule has 0 atom stereocenters. The number of fused-ring (bicyclic) bond motifs is 1. The minimum atomic E-state index is -0.146. The SMILES string of the molecule is C=CCn1c(C)c(C(=O)SC(C)(C)C)c2cc(O)ccc21. The number of rotatable bonds is 3. The van der Waals surface area contributed by atoms with E-state index in [1.807, 2.05) is 39.8 Å². The van der Waals surface area contributed by atoms with Crippen LogP contribution in [0.3, 0.4) is 0 Å². The fourth-order valence-electron chi connectivity index (χ4n) is 2.42. The molecule has 1 aromatic carbocycles. The van der Waals surface area contributed by atoms with Gasteiger partial charge in [-0.15, -0.1) is 6.58 Å². The normalized spacial score (nSPS) is 11.8. The molecule has 21 heavy (non-hydrogen) atoms. The molecule has 0 saturated carbocycles. The molecule has 0 aliphatic heterocycles. The van der Waals surface area contributed by atoms with Crippen LogP contribution in [0, 0.1) is 6.92 Å². The minimum Gasteiger partial charge on any atom is -0.508 e. The largest absolute Gasteiger partial charge is 0.508 e. The molecule has 3 nitrogen and oxygen atoms in total. The molecule has 0 aliphatic rings. The Labute approximate surface area is 129 Å². The van der Waals surface area contributed by atoms with Crippen LogP contribution >= 0.6 is 11.8 Å². The summed E-state index contributed by atoms with van der Waals surface area (Å²) in [5.74, 6) is 0.174. The number of aromatic nitrogens is 1. The molecular weight excluding hydrogens is 282 g/mol. The van der Waals surface area contributed by atoms with Gasteiger partial charge in [-0.3, -0.25) is 4.79 Å². The first-order valence-electron chi connectivity index (χ1n) is 6.90. The van der Waals surface area contributed by atoms with Gasteiger partial charge >= 0.3 is 0 Å². The molecule has 1 heterocycles. The highest BCUT2D eigenvalue weighted by molar-refractivity contribution is 8.15. The lowest BCUT2D eigenvalue weighted by atomic mass is 10.1. The van der Waals surface area contributed by atoms with Crippen molar-refractivity contribution in [2.45, 2.75) is 39.0 Å². The van der Waals surface area contributed by atoms with Gasteiger partial charge in [-0.05, 0) is 25.1 Å². The van der Waals surface area contributed by atoms with E-state index in [0.717, 1.165) is 16.6 Å². The van der Waals surface area contributed by atoms with Crippen molar-refractivity contribution in [3.63, 3.8) is 0 Å². The summed E-state index contributed by atoms with van der Waals surface area (Å²) in [7, 11) is 0. The number of carbonyl (C=O) groups excluding carboxylic acids is 1. The van der Waals surface area contributed by atoms with E-state index in [1.165, 1.54) is 11.8 Å². The molecular formula is C17H21NO2S. The molecule has 2 rings (SSSR count). The van der Waals surface area contributed by atoms with Crippen molar-refractivity contribution in [2.75, 3.05) is 0 Å². The summed E-state index contributed by atoms with van der Waals surface area (Å²) >= 11 is 1.32. The second-order valence-corrected chi connectivity index (χ2v) is 7.86. The summed E-state index contributed by atoms with van der Waals surface area (Å²) in [6.45, 7) is 12.4. The van der Waals surface area contributed by atoms with E-state index in [4.69, 9.17) is 0 Å². The van der Waals surface area contributed by atoms with Crippen molar-refractivity contribution in [1.82, 2.24) is 4.57 Å². The highest BCUT2D eigenvalue weighted by atomic mass is 32.2. The summed E-state index contributed by atoms with van der Waals surface area (Å²) in [6, 6.07) is 5.16. The van der Waals surface area contributed by atoms with Gasteiger partial charge in [0, 0.05) is 27.9 Å². The predicted octanol–water partition coefficient (Wildman–Crippen LogP) is 4.51. The third-order valence-electron chi connectivity index (χ3n) is 3.22. The standard InChI is InChI=1S/C17H21NO2S/c1-6-9-18-11(2)15(16(20)21-17(3,4)5)13-10-12(19)7-8-14(13)18/h6-8,10,19H,1,9H2,2-5H3. The fraction of sp³-hybridized carbons (Fsp3) is 0.353. The first kappa shape index (κ1) is 15.7. The third-order valence-corrected chi connectivity index (χ3v) is 4.22. The first-order chi connectivity index (χ1) is 9.74. The number of phenols is 1. The summed E-state index contributed by atoms with van der Waals surface area (Å²) in [5, 5.41) is 10.6. The Hall–Kier alpha value is -1.68. The molecule has 0 fully saturated rings. The molecule has 2 aromatic rings. The average Bonchev–Trinajstić information content (AvgIpc) is 2.60. The maximum Gasteiger partial charge on any atom is 0.222 e. The van der Waals surface area contributed by atoms with Gasteiger partial charge in [0.25, 0.3) is 0 Å². The fourth-order valence-corrected chi connectivity index (χ4v) is 3.34. The second-order valence-electron chi connectivity index (χ2n) is 6.06. The summed E-state index contributed by atoms with van der Waals surface area (Å²) in [6.07, 6.45) is 1.81. The molecule has 1 N–H and O–H groups in total. The number of benzene rings is 1. The monoisotopic (exact) mass is 303 g/mol. The summed E-state index contributed by atoms with van der Waals surface area (Å²) in [5.41, 5.74) is 2.54. The smallest absolute Gasteiger partial charge is 0.222 e. The van der Waals surface area contributed by atoms with Crippen molar-refractivity contribution < 1.29 is 9.90 Å². The molecule has 112 valence electrons. The van der Waals surface area contributed by atoms with Crippen LogP contribution in [0.2, 0.25) is 0 Å². The van der Waals surface area contributed by atoms with Crippen LogP contribution in [-0.2, 0) is 6.54 Å². The zero-order valence-electron chi connectivity index (χ0n) is 12.9. The van der Waals surface area contributed by atoms with Crippen molar-refractivity contribution in [2.24, 2.45) is 0 Å². The van der Waals surface area contributed by atoms with E-state index in [9.17, 15) is 9.90 Å². The van der Waals surface area contributed by atoms with Crippen LogP contribution in [0.25, 0.3) is 10.9 Å². The molecule has 0 amide bonds. The zero-order valence-corrected chi connectivity index (χ0v) is 13.8. The topological polar surface area (TPSA) is 42.2 Å². The van der Waals surface area contributed by atoms with Crippen LogP contribution in [0.4, 0.5) is 0 Å². The van der Waals surface area contributed by atoms with Crippen LogP contribution in [0.1, 0.15) is 36.8 Å².